The zero-order valence-electron chi connectivity index (χ0n) is 14.6. The highest BCUT2D eigenvalue weighted by Crippen LogP contribution is 2.36. The van der Waals surface area contributed by atoms with Crippen LogP contribution in [0.3, 0.4) is 0 Å². The van der Waals surface area contributed by atoms with Crippen LogP contribution in [0, 0.1) is 0 Å². The molecule has 126 valence electrons. The first kappa shape index (κ1) is 15.1. The van der Waals surface area contributed by atoms with E-state index in [1.54, 1.807) is 6.20 Å². The first-order valence-corrected chi connectivity index (χ1v) is 8.63. The molecule has 1 aromatic heterocycles. The molecular weight excluding hydrogens is 322 g/mol. The molecule has 3 aromatic rings. The molecule has 26 heavy (non-hydrogen) atoms. The van der Waals surface area contributed by atoms with Gasteiger partial charge in [-0.05, 0) is 44.2 Å². The second kappa shape index (κ2) is 5.14. The van der Waals surface area contributed by atoms with Gasteiger partial charge in [0, 0.05) is 11.8 Å². The van der Waals surface area contributed by atoms with Crippen LogP contribution in [-0.4, -0.2) is 4.98 Å². The van der Waals surface area contributed by atoms with Gasteiger partial charge >= 0.3 is 0 Å². The van der Waals surface area contributed by atoms with E-state index in [4.69, 9.17) is 20.0 Å². The largest absolute Gasteiger partial charge is 0.256 e. The van der Waals surface area contributed by atoms with Gasteiger partial charge in [-0.2, -0.15) is 0 Å². The molecule has 0 fully saturated rings. The fourth-order valence-corrected chi connectivity index (χ4v) is 3.69. The lowest BCUT2D eigenvalue weighted by molar-refractivity contribution is 0.456. The minimum atomic E-state index is -0.775. The minimum Gasteiger partial charge on any atom is -0.256 e. The standard InChI is InChI=1S/C21H17N5/c1-20(23-15-9-3-4-10-16(15)24-20)14-8-7-13-22-19(14)21(2)25-17-11-5-6-12-18(17)26-21/h3-13H,1-2H3. The highest BCUT2D eigenvalue weighted by atomic mass is 15.2. The number of para-hydroxylation sites is 4. The number of pyridine rings is 1. The quantitative estimate of drug-likeness (QED) is 0.695. The lowest BCUT2D eigenvalue weighted by Gasteiger charge is -2.26. The number of nitrogens with zero attached hydrogens (tertiary/aromatic N) is 5. The van der Waals surface area contributed by atoms with Crippen LogP contribution in [0.4, 0.5) is 0 Å². The maximum absolute atomic E-state index is 4.88. The van der Waals surface area contributed by atoms with E-state index in [2.05, 4.69) is 4.98 Å². The van der Waals surface area contributed by atoms with Crippen LogP contribution in [-0.2, 0) is 11.3 Å². The van der Waals surface area contributed by atoms with Gasteiger partial charge in [-0.3, -0.25) is 4.98 Å². The van der Waals surface area contributed by atoms with Crippen molar-refractivity contribution >= 4 is 0 Å². The van der Waals surface area contributed by atoms with Gasteiger partial charge in [0.15, 0.2) is 11.3 Å². The number of benzene rings is 2. The van der Waals surface area contributed by atoms with E-state index in [0.29, 0.717) is 0 Å². The molecule has 0 bridgehead atoms. The molecule has 0 radical (unpaired) electrons. The SMILES string of the molecule is CC1(c2cccnc2C2(C)N=c3ccccc3=N2)N=c2ccccc2=N1. The van der Waals surface area contributed by atoms with Crippen LogP contribution in [0.5, 0.6) is 0 Å². The Bertz CT molecular complexity index is 1110. The van der Waals surface area contributed by atoms with Crippen LogP contribution >= 0.6 is 0 Å². The number of fused-ring (bicyclic) bond motifs is 2. The predicted octanol–water partition coefficient (Wildman–Crippen LogP) is 1.33. The predicted molar refractivity (Wildman–Crippen MR) is 96.4 cm³/mol. The summed E-state index contributed by atoms with van der Waals surface area (Å²) < 4.78 is 0. The number of hydrogen-bond donors (Lipinski definition) is 0. The normalized spacial score (nSPS) is 17.9. The Labute approximate surface area is 150 Å². The third-order valence-electron chi connectivity index (χ3n) is 4.88. The van der Waals surface area contributed by atoms with Crippen LogP contribution in [0.2, 0.25) is 0 Å². The smallest absolute Gasteiger partial charge is 0.191 e. The molecule has 2 aromatic carbocycles. The molecular formula is C21H17N5. The molecule has 5 heteroatoms. The van der Waals surface area contributed by atoms with E-state index >= 15 is 0 Å². The lowest BCUT2D eigenvalue weighted by Crippen LogP contribution is -2.26. The van der Waals surface area contributed by atoms with Crippen molar-refractivity contribution in [2.75, 3.05) is 0 Å². The average Bonchev–Trinajstić information content (AvgIpc) is 3.18. The van der Waals surface area contributed by atoms with Gasteiger partial charge in [0.25, 0.3) is 0 Å². The lowest BCUT2D eigenvalue weighted by atomic mass is 9.95. The minimum absolute atomic E-state index is 0.726. The molecule has 2 aliphatic heterocycles. The van der Waals surface area contributed by atoms with E-state index in [9.17, 15) is 0 Å². The van der Waals surface area contributed by atoms with Crippen molar-refractivity contribution in [2.24, 2.45) is 20.0 Å². The van der Waals surface area contributed by atoms with Crippen LogP contribution in [0.1, 0.15) is 25.1 Å². The van der Waals surface area contributed by atoms with Gasteiger partial charge in [-0.15, -0.1) is 0 Å². The summed E-state index contributed by atoms with van der Waals surface area (Å²) in [6.45, 7) is 4.00. The van der Waals surface area contributed by atoms with Crippen LogP contribution in [0.25, 0.3) is 0 Å². The van der Waals surface area contributed by atoms with E-state index < -0.39 is 11.3 Å². The van der Waals surface area contributed by atoms with Crippen molar-refractivity contribution in [3.8, 4) is 0 Å². The van der Waals surface area contributed by atoms with Crippen molar-refractivity contribution in [2.45, 2.75) is 25.2 Å². The summed E-state index contributed by atoms with van der Waals surface area (Å²) in [7, 11) is 0. The Kier molecular flexibility index (Phi) is 2.98. The van der Waals surface area contributed by atoms with Crippen molar-refractivity contribution < 1.29 is 0 Å². The molecule has 0 unspecified atom stereocenters. The van der Waals surface area contributed by atoms with Crippen LogP contribution in [0.15, 0.2) is 86.8 Å². The van der Waals surface area contributed by atoms with Gasteiger partial charge in [0.1, 0.15) is 0 Å². The number of hydrogen-bond acceptors (Lipinski definition) is 5. The van der Waals surface area contributed by atoms with E-state index in [-0.39, 0.29) is 0 Å². The highest BCUT2D eigenvalue weighted by molar-refractivity contribution is 5.35. The fraction of sp³-hybridized carbons (Fsp3) is 0.190. The fourth-order valence-electron chi connectivity index (χ4n) is 3.69. The molecule has 2 aliphatic rings. The monoisotopic (exact) mass is 339 g/mol. The summed E-state index contributed by atoms with van der Waals surface area (Å²) in [6.07, 6.45) is 1.78. The topological polar surface area (TPSA) is 62.3 Å². The Balaban J connectivity index is 1.73. The third kappa shape index (κ3) is 2.13. The van der Waals surface area contributed by atoms with E-state index in [1.165, 1.54) is 0 Å². The van der Waals surface area contributed by atoms with Gasteiger partial charge in [-0.1, -0.05) is 30.3 Å². The molecule has 0 aliphatic carbocycles. The molecule has 5 rings (SSSR count). The molecule has 5 nitrogen and oxygen atoms in total. The van der Waals surface area contributed by atoms with E-state index in [0.717, 1.165) is 32.7 Å². The summed E-state index contributed by atoms with van der Waals surface area (Å²) in [5, 5.41) is 3.58. The molecule has 3 heterocycles. The van der Waals surface area contributed by atoms with Crippen molar-refractivity contribution in [3.63, 3.8) is 0 Å². The van der Waals surface area contributed by atoms with Crippen molar-refractivity contribution in [1.82, 2.24) is 4.98 Å². The summed E-state index contributed by atoms with van der Waals surface area (Å²) in [5.41, 5.74) is 0.220. The maximum Gasteiger partial charge on any atom is 0.191 e. The summed E-state index contributed by atoms with van der Waals surface area (Å²) in [4.78, 5) is 24.1. The molecule has 0 saturated carbocycles. The Hall–Kier alpha value is -3.21. The maximum atomic E-state index is 4.88. The van der Waals surface area contributed by atoms with Crippen molar-refractivity contribution in [3.05, 3.63) is 99.5 Å². The molecule has 0 amide bonds. The first-order valence-electron chi connectivity index (χ1n) is 8.63. The zero-order chi connectivity index (χ0) is 17.8. The van der Waals surface area contributed by atoms with Gasteiger partial charge in [-0.25, -0.2) is 20.0 Å². The summed E-state index contributed by atoms with van der Waals surface area (Å²) in [6, 6.07) is 19.8. The highest BCUT2D eigenvalue weighted by Gasteiger charge is 2.38. The first-order chi connectivity index (χ1) is 12.6. The molecule has 0 atom stereocenters. The average molecular weight is 339 g/mol. The Morgan fingerprint density at radius 3 is 1.54 bits per heavy atom. The number of rotatable bonds is 2. The second-order valence-electron chi connectivity index (χ2n) is 6.87. The Morgan fingerprint density at radius 2 is 1.04 bits per heavy atom. The Morgan fingerprint density at radius 1 is 0.577 bits per heavy atom. The third-order valence-corrected chi connectivity index (χ3v) is 4.88. The summed E-state index contributed by atoms with van der Waals surface area (Å²) in [5.74, 6) is 0. The van der Waals surface area contributed by atoms with Crippen molar-refractivity contribution in [1.29, 1.82) is 0 Å². The molecule has 0 N–H and O–H groups in total. The second-order valence-corrected chi connectivity index (χ2v) is 6.87. The van der Waals surface area contributed by atoms with Gasteiger partial charge in [0.2, 0.25) is 0 Å². The van der Waals surface area contributed by atoms with Gasteiger partial charge in [0.05, 0.1) is 27.1 Å². The van der Waals surface area contributed by atoms with E-state index in [1.807, 2.05) is 74.5 Å². The van der Waals surface area contributed by atoms with Crippen LogP contribution < -0.4 is 21.4 Å². The molecule has 0 spiro atoms. The molecule has 0 saturated heterocycles. The van der Waals surface area contributed by atoms with Gasteiger partial charge < -0.3 is 0 Å². The zero-order valence-corrected chi connectivity index (χ0v) is 14.6. The summed E-state index contributed by atoms with van der Waals surface area (Å²) >= 11 is 0. The number of aromatic nitrogens is 1.